The molecule has 0 aromatic heterocycles. The summed E-state index contributed by atoms with van der Waals surface area (Å²) in [6.07, 6.45) is 0. The molecule has 1 saturated heterocycles. The van der Waals surface area contributed by atoms with Crippen LogP contribution in [0.15, 0.2) is 42.5 Å². The fourth-order valence-electron chi connectivity index (χ4n) is 3.24. The number of carbonyl (C=O) groups is 2. The second-order valence-electron chi connectivity index (χ2n) is 6.84. The van der Waals surface area contributed by atoms with E-state index in [1.165, 1.54) is 13.0 Å². The first-order valence-corrected chi connectivity index (χ1v) is 9.53. The van der Waals surface area contributed by atoms with Crippen molar-refractivity contribution < 1.29 is 14.5 Å². The zero-order chi connectivity index (χ0) is 21.0. The Balaban J connectivity index is 1.59. The summed E-state index contributed by atoms with van der Waals surface area (Å²) < 4.78 is 0. The molecule has 0 atom stereocenters. The van der Waals surface area contributed by atoms with Gasteiger partial charge in [0.25, 0.3) is 5.69 Å². The molecule has 2 aromatic rings. The minimum atomic E-state index is -0.465. The Hall–Kier alpha value is -2.97. The summed E-state index contributed by atoms with van der Waals surface area (Å²) >= 11 is 5.84. The Labute approximate surface area is 173 Å². The fraction of sp³-hybridized carbons (Fsp3) is 0.300. The molecule has 29 heavy (non-hydrogen) atoms. The lowest BCUT2D eigenvalue weighted by Gasteiger charge is -2.35. The van der Waals surface area contributed by atoms with Gasteiger partial charge in [-0.2, -0.15) is 0 Å². The number of hydrogen-bond acceptors (Lipinski definition) is 6. The number of nitro groups is 1. The molecule has 9 heteroatoms. The van der Waals surface area contributed by atoms with E-state index in [4.69, 9.17) is 11.6 Å². The second kappa shape index (κ2) is 9.02. The SMILES string of the molecule is CC(=O)c1ccc(N2CCN(CC(=O)Nc3ccc(Cl)cc3)CC2)c([N+](=O)[O-])c1. The summed E-state index contributed by atoms with van der Waals surface area (Å²) in [7, 11) is 0. The number of carbonyl (C=O) groups excluding carboxylic acids is 2. The van der Waals surface area contributed by atoms with Gasteiger partial charge in [0.05, 0.1) is 11.5 Å². The van der Waals surface area contributed by atoms with Gasteiger partial charge < -0.3 is 10.2 Å². The van der Waals surface area contributed by atoms with Crippen LogP contribution in [0.25, 0.3) is 0 Å². The molecule has 0 aliphatic carbocycles. The summed E-state index contributed by atoms with van der Waals surface area (Å²) in [6.45, 7) is 3.91. The fourth-order valence-corrected chi connectivity index (χ4v) is 3.37. The molecule has 0 saturated carbocycles. The summed E-state index contributed by atoms with van der Waals surface area (Å²) in [5.74, 6) is -0.339. The van der Waals surface area contributed by atoms with Crippen LogP contribution >= 0.6 is 11.6 Å². The number of piperazine rings is 1. The molecule has 2 aromatic carbocycles. The molecule has 0 unspecified atom stereocenters. The van der Waals surface area contributed by atoms with Crippen molar-refractivity contribution in [2.24, 2.45) is 0 Å². The number of amides is 1. The Bertz CT molecular complexity index is 925. The average molecular weight is 417 g/mol. The van der Waals surface area contributed by atoms with Crippen LogP contribution in [0.5, 0.6) is 0 Å². The standard InChI is InChI=1S/C20H21ClN4O4/c1-14(26)15-2-7-18(19(12-15)25(28)29)24-10-8-23(9-11-24)13-20(27)22-17-5-3-16(21)4-6-17/h2-7,12H,8-11,13H2,1H3,(H,22,27). The first-order chi connectivity index (χ1) is 13.8. The molecule has 1 heterocycles. The zero-order valence-electron chi connectivity index (χ0n) is 15.9. The molecule has 0 radical (unpaired) electrons. The van der Waals surface area contributed by atoms with E-state index in [0.29, 0.717) is 48.1 Å². The molecule has 1 aliphatic rings. The summed E-state index contributed by atoms with van der Waals surface area (Å²) in [5.41, 5.74) is 1.41. The summed E-state index contributed by atoms with van der Waals surface area (Å²) in [4.78, 5) is 38.6. The van der Waals surface area contributed by atoms with E-state index in [1.54, 1.807) is 36.4 Å². The highest BCUT2D eigenvalue weighted by molar-refractivity contribution is 6.30. The van der Waals surface area contributed by atoms with Gasteiger partial charge in [-0.05, 0) is 43.3 Å². The van der Waals surface area contributed by atoms with Crippen LogP contribution in [0.2, 0.25) is 5.02 Å². The van der Waals surface area contributed by atoms with Gasteiger partial charge in [0.15, 0.2) is 5.78 Å². The van der Waals surface area contributed by atoms with Crippen molar-refractivity contribution in [2.75, 3.05) is 42.9 Å². The molecule has 152 valence electrons. The van der Waals surface area contributed by atoms with Crippen molar-refractivity contribution in [3.05, 3.63) is 63.2 Å². The predicted molar refractivity (Wildman–Crippen MR) is 112 cm³/mol. The lowest BCUT2D eigenvalue weighted by atomic mass is 10.1. The molecular weight excluding hydrogens is 396 g/mol. The lowest BCUT2D eigenvalue weighted by Crippen LogP contribution is -2.48. The molecule has 0 bridgehead atoms. The van der Waals surface area contributed by atoms with E-state index in [-0.39, 0.29) is 23.9 Å². The minimum absolute atomic E-state index is 0.0772. The van der Waals surface area contributed by atoms with Gasteiger partial charge in [-0.1, -0.05) is 11.6 Å². The third kappa shape index (κ3) is 5.30. The number of benzene rings is 2. The largest absolute Gasteiger partial charge is 0.363 e. The topological polar surface area (TPSA) is 95.8 Å². The quantitative estimate of drug-likeness (QED) is 0.441. The number of ketones is 1. The molecule has 0 spiro atoms. The van der Waals surface area contributed by atoms with Crippen LogP contribution in [-0.2, 0) is 4.79 Å². The Morgan fingerprint density at radius 3 is 2.34 bits per heavy atom. The number of halogens is 1. The van der Waals surface area contributed by atoms with Crippen molar-refractivity contribution in [3.63, 3.8) is 0 Å². The highest BCUT2D eigenvalue weighted by Gasteiger charge is 2.25. The van der Waals surface area contributed by atoms with Gasteiger partial charge in [0.1, 0.15) is 5.69 Å². The Kier molecular flexibility index (Phi) is 6.46. The second-order valence-corrected chi connectivity index (χ2v) is 7.27. The average Bonchev–Trinajstić information content (AvgIpc) is 2.69. The van der Waals surface area contributed by atoms with Crippen molar-refractivity contribution >= 4 is 40.4 Å². The monoisotopic (exact) mass is 416 g/mol. The number of nitrogens with one attached hydrogen (secondary N) is 1. The minimum Gasteiger partial charge on any atom is -0.363 e. The van der Waals surface area contributed by atoms with Crippen molar-refractivity contribution in [1.29, 1.82) is 0 Å². The van der Waals surface area contributed by atoms with Crippen LogP contribution in [-0.4, -0.2) is 54.2 Å². The maximum Gasteiger partial charge on any atom is 0.293 e. The van der Waals surface area contributed by atoms with Gasteiger partial charge in [0.2, 0.25) is 5.91 Å². The van der Waals surface area contributed by atoms with Crippen molar-refractivity contribution in [2.45, 2.75) is 6.92 Å². The molecule has 3 rings (SSSR count). The highest BCUT2D eigenvalue weighted by atomic mass is 35.5. The number of hydrogen-bond donors (Lipinski definition) is 1. The normalized spacial score (nSPS) is 14.5. The van der Waals surface area contributed by atoms with Crippen molar-refractivity contribution in [1.82, 2.24) is 4.90 Å². The van der Waals surface area contributed by atoms with Gasteiger partial charge in [-0.25, -0.2) is 0 Å². The first kappa shape index (κ1) is 20.8. The van der Waals surface area contributed by atoms with E-state index < -0.39 is 4.92 Å². The number of Topliss-reactive ketones (excluding diaryl/α,β-unsaturated/α-hetero) is 1. The predicted octanol–water partition coefficient (Wildman–Crippen LogP) is 3.21. The molecule has 1 fully saturated rings. The molecule has 1 N–H and O–H groups in total. The molecule has 1 amide bonds. The lowest BCUT2D eigenvalue weighted by molar-refractivity contribution is -0.384. The first-order valence-electron chi connectivity index (χ1n) is 9.15. The summed E-state index contributed by atoms with van der Waals surface area (Å²) in [6, 6.07) is 11.4. The molecule has 1 aliphatic heterocycles. The number of nitrogens with zero attached hydrogens (tertiary/aromatic N) is 3. The van der Waals surface area contributed by atoms with Gasteiger partial charge in [-0.3, -0.25) is 24.6 Å². The highest BCUT2D eigenvalue weighted by Crippen LogP contribution is 2.30. The zero-order valence-corrected chi connectivity index (χ0v) is 16.7. The summed E-state index contributed by atoms with van der Waals surface area (Å²) in [5, 5.41) is 14.9. The van der Waals surface area contributed by atoms with E-state index >= 15 is 0 Å². The maximum absolute atomic E-state index is 12.2. The van der Waals surface area contributed by atoms with Gasteiger partial charge in [-0.15, -0.1) is 0 Å². The number of nitro benzene ring substituents is 1. The maximum atomic E-state index is 12.2. The van der Waals surface area contributed by atoms with Gasteiger partial charge in [0, 0.05) is 48.5 Å². The smallest absolute Gasteiger partial charge is 0.293 e. The van der Waals surface area contributed by atoms with E-state index in [0.717, 1.165) is 0 Å². The van der Waals surface area contributed by atoms with Crippen LogP contribution in [0.1, 0.15) is 17.3 Å². The van der Waals surface area contributed by atoms with Gasteiger partial charge >= 0.3 is 0 Å². The Morgan fingerprint density at radius 2 is 1.76 bits per heavy atom. The van der Waals surface area contributed by atoms with E-state index in [1.807, 2.05) is 9.80 Å². The van der Waals surface area contributed by atoms with Crippen LogP contribution in [0.3, 0.4) is 0 Å². The number of anilines is 2. The van der Waals surface area contributed by atoms with E-state index in [2.05, 4.69) is 5.32 Å². The van der Waals surface area contributed by atoms with E-state index in [9.17, 15) is 19.7 Å². The molecular formula is C20H21ClN4O4. The van der Waals surface area contributed by atoms with Crippen LogP contribution < -0.4 is 10.2 Å². The van der Waals surface area contributed by atoms with Crippen molar-refractivity contribution in [3.8, 4) is 0 Å². The molecule has 8 nitrogen and oxygen atoms in total. The van der Waals surface area contributed by atoms with Crippen LogP contribution in [0, 0.1) is 10.1 Å². The number of rotatable bonds is 6. The Morgan fingerprint density at radius 1 is 1.10 bits per heavy atom. The van der Waals surface area contributed by atoms with Crippen LogP contribution in [0.4, 0.5) is 17.1 Å². The third-order valence-corrected chi connectivity index (χ3v) is 5.04. The third-order valence-electron chi connectivity index (χ3n) is 4.79.